The molecule has 1 aromatic rings. The van der Waals surface area contributed by atoms with Crippen LogP contribution in [0.25, 0.3) is 0 Å². The Morgan fingerprint density at radius 2 is 2.07 bits per heavy atom. The smallest absolute Gasteiger partial charge is 0.274 e. The highest BCUT2D eigenvalue weighted by atomic mass is 16.5. The molecule has 2 fully saturated rings. The lowest BCUT2D eigenvalue weighted by Crippen LogP contribution is -2.52. The number of H-pyrrole nitrogens is 1. The summed E-state index contributed by atoms with van der Waals surface area (Å²) in [5, 5.41) is 7.50. The molecule has 1 atom stereocenters. The number of aromatic nitrogens is 2. The fourth-order valence-corrected chi connectivity index (χ4v) is 5.29. The van der Waals surface area contributed by atoms with Gasteiger partial charge in [0.25, 0.3) is 5.91 Å². The molecule has 3 aliphatic rings. The molecule has 7 nitrogen and oxygen atoms in total. The summed E-state index contributed by atoms with van der Waals surface area (Å²) >= 11 is 0. The SMILES string of the molecule is COCCCN1CC2(CCC1=O)CCN(C(=O)c1n[nH]c3c1C[C@@H](C)CC3)CC2. The van der Waals surface area contributed by atoms with Crippen LogP contribution >= 0.6 is 0 Å². The first-order valence-electron chi connectivity index (χ1n) is 11.1. The molecule has 2 amide bonds. The number of carbonyl (C=O) groups is 2. The fourth-order valence-electron chi connectivity index (χ4n) is 5.29. The van der Waals surface area contributed by atoms with Crippen LogP contribution in [0, 0.1) is 11.3 Å². The third-order valence-corrected chi connectivity index (χ3v) is 7.23. The number of hydrogen-bond donors (Lipinski definition) is 1. The number of amides is 2. The second kappa shape index (κ2) is 8.46. The summed E-state index contributed by atoms with van der Waals surface area (Å²) in [5.41, 5.74) is 3.10. The van der Waals surface area contributed by atoms with Crippen LogP contribution in [0.3, 0.4) is 0 Å². The van der Waals surface area contributed by atoms with Gasteiger partial charge in [0, 0.05) is 57.6 Å². The monoisotopic (exact) mass is 402 g/mol. The van der Waals surface area contributed by atoms with Gasteiger partial charge in [-0.2, -0.15) is 5.10 Å². The van der Waals surface area contributed by atoms with Gasteiger partial charge in [0.05, 0.1) is 0 Å². The van der Waals surface area contributed by atoms with Crippen molar-refractivity contribution in [1.82, 2.24) is 20.0 Å². The molecule has 4 rings (SSSR count). The van der Waals surface area contributed by atoms with Gasteiger partial charge in [-0.25, -0.2) is 0 Å². The van der Waals surface area contributed by atoms with E-state index < -0.39 is 0 Å². The molecular formula is C22H34N4O3. The van der Waals surface area contributed by atoms with E-state index in [0.29, 0.717) is 24.6 Å². The predicted molar refractivity (Wildman–Crippen MR) is 110 cm³/mol. The Morgan fingerprint density at radius 1 is 1.28 bits per heavy atom. The van der Waals surface area contributed by atoms with Crippen molar-refractivity contribution in [2.45, 2.75) is 58.3 Å². The van der Waals surface area contributed by atoms with Gasteiger partial charge in [0.15, 0.2) is 5.69 Å². The molecule has 0 bridgehead atoms. The fraction of sp³-hybridized carbons (Fsp3) is 0.773. The maximum atomic E-state index is 13.2. The number of aromatic amines is 1. The second-order valence-corrected chi connectivity index (χ2v) is 9.33. The molecule has 2 aliphatic heterocycles. The minimum Gasteiger partial charge on any atom is -0.385 e. The number of hydrogen-bond acceptors (Lipinski definition) is 4. The minimum absolute atomic E-state index is 0.0790. The van der Waals surface area contributed by atoms with Crippen molar-refractivity contribution in [3.8, 4) is 0 Å². The van der Waals surface area contributed by atoms with Gasteiger partial charge in [-0.05, 0) is 56.3 Å². The molecule has 29 heavy (non-hydrogen) atoms. The zero-order valence-electron chi connectivity index (χ0n) is 17.8. The summed E-state index contributed by atoms with van der Waals surface area (Å²) in [7, 11) is 1.70. The van der Waals surface area contributed by atoms with Crippen LogP contribution in [0.15, 0.2) is 0 Å². The first kappa shape index (κ1) is 20.4. The molecule has 1 aromatic heterocycles. The van der Waals surface area contributed by atoms with Gasteiger partial charge in [-0.3, -0.25) is 14.7 Å². The average molecular weight is 403 g/mol. The summed E-state index contributed by atoms with van der Waals surface area (Å²) in [6.07, 6.45) is 7.50. The topological polar surface area (TPSA) is 78.5 Å². The summed E-state index contributed by atoms with van der Waals surface area (Å²) < 4.78 is 5.14. The Labute approximate surface area is 173 Å². The van der Waals surface area contributed by atoms with E-state index >= 15 is 0 Å². The zero-order chi connectivity index (χ0) is 20.4. The number of fused-ring (bicyclic) bond motifs is 1. The molecule has 1 aliphatic carbocycles. The summed E-state index contributed by atoms with van der Waals surface area (Å²) in [4.78, 5) is 29.5. The standard InChI is InChI=1S/C22H34N4O3/c1-16-4-5-18-17(14-16)20(24-23-18)21(28)25-11-8-22(9-12-25)7-6-19(27)26(15-22)10-3-13-29-2/h16H,3-15H2,1-2H3,(H,23,24)/t16-/m0/s1. The number of methoxy groups -OCH3 is 1. The number of likely N-dealkylation sites (tertiary alicyclic amines) is 2. The zero-order valence-corrected chi connectivity index (χ0v) is 17.8. The maximum Gasteiger partial charge on any atom is 0.274 e. The van der Waals surface area contributed by atoms with Crippen LogP contribution in [0.2, 0.25) is 0 Å². The predicted octanol–water partition coefficient (Wildman–Crippen LogP) is 2.42. The van der Waals surface area contributed by atoms with Crippen LogP contribution < -0.4 is 0 Å². The second-order valence-electron chi connectivity index (χ2n) is 9.33. The molecular weight excluding hydrogens is 368 g/mol. The summed E-state index contributed by atoms with van der Waals surface area (Å²) in [6, 6.07) is 0. The number of carbonyl (C=O) groups excluding carboxylic acids is 2. The molecule has 1 N–H and O–H groups in total. The van der Waals surface area contributed by atoms with E-state index in [2.05, 4.69) is 17.1 Å². The molecule has 0 saturated carbocycles. The average Bonchev–Trinajstić information content (AvgIpc) is 3.14. The summed E-state index contributed by atoms with van der Waals surface area (Å²) in [6.45, 7) is 6.05. The van der Waals surface area contributed by atoms with Gasteiger partial charge >= 0.3 is 0 Å². The Hall–Kier alpha value is -1.89. The van der Waals surface area contributed by atoms with E-state index in [1.165, 1.54) is 0 Å². The van der Waals surface area contributed by atoms with E-state index in [0.717, 1.165) is 82.4 Å². The van der Waals surface area contributed by atoms with Crippen molar-refractivity contribution < 1.29 is 14.3 Å². The van der Waals surface area contributed by atoms with Gasteiger partial charge in [-0.15, -0.1) is 0 Å². The van der Waals surface area contributed by atoms with E-state index in [1.807, 2.05) is 9.80 Å². The van der Waals surface area contributed by atoms with Crippen LogP contribution in [-0.2, 0) is 22.4 Å². The number of nitrogens with one attached hydrogen (secondary N) is 1. The lowest BCUT2D eigenvalue weighted by atomic mass is 9.72. The maximum absolute atomic E-state index is 13.2. The molecule has 0 unspecified atom stereocenters. The van der Waals surface area contributed by atoms with E-state index in [9.17, 15) is 9.59 Å². The minimum atomic E-state index is 0.0790. The number of aryl methyl sites for hydroxylation is 1. The third kappa shape index (κ3) is 4.20. The highest BCUT2D eigenvalue weighted by Crippen LogP contribution is 2.40. The van der Waals surface area contributed by atoms with Crippen molar-refractivity contribution in [2.75, 3.05) is 39.9 Å². The number of piperidine rings is 2. The van der Waals surface area contributed by atoms with E-state index in [1.54, 1.807) is 7.11 Å². The van der Waals surface area contributed by atoms with Crippen molar-refractivity contribution >= 4 is 11.8 Å². The molecule has 7 heteroatoms. The normalized spacial score (nSPS) is 24.1. The van der Waals surface area contributed by atoms with Gasteiger partial charge < -0.3 is 14.5 Å². The lowest BCUT2D eigenvalue weighted by Gasteiger charge is -2.47. The van der Waals surface area contributed by atoms with Crippen LogP contribution in [0.1, 0.15) is 67.2 Å². The highest BCUT2D eigenvalue weighted by molar-refractivity contribution is 5.94. The third-order valence-electron chi connectivity index (χ3n) is 7.23. The van der Waals surface area contributed by atoms with Gasteiger partial charge in [0.2, 0.25) is 5.91 Å². The largest absolute Gasteiger partial charge is 0.385 e. The number of rotatable bonds is 5. The first-order valence-corrected chi connectivity index (χ1v) is 11.1. The molecule has 3 heterocycles. The van der Waals surface area contributed by atoms with Crippen molar-refractivity contribution in [3.05, 3.63) is 17.0 Å². The van der Waals surface area contributed by atoms with Gasteiger partial charge in [0.1, 0.15) is 0 Å². The Bertz CT molecular complexity index is 751. The van der Waals surface area contributed by atoms with Crippen molar-refractivity contribution in [1.29, 1.82) is 0 Å². The quantitative estimate of drug-likeness (QED) is 0.767. The number of nitrogens with zero attached hydrogens (tertiary/aromatic N) is 3. The molecule has 0 radical (unpaired) electrons. The molecule has 160 valence electrons. The lowest BCUT2D eigenvalue weighted by molar-refractivity contribution is -0.139. The summed E-state index contributed by atoms with van der Waals surface area (Å²) in [5.74, 6) is 0.956. The van der Waals surface area contributed by atoms with Crippen LogP contribution in [0.5, 0.6) is 0 Å². The van der Waals surface area contributed by atoms with Crippen molar-refractivity contribution in [2.24, 2.45) is 11.3 Å². The van der Waals surface area contributed by atoms with Gasteiger partial charge in [-0.1, -0.05) is 6.92 Å². The van der Waals surface area contributed by atoms with E-state index in [4.69, 9.17) is 4.74 Å². The Balaban J connectivity index is 1.37. The molecule has 2 saturated heterocycles. The highest BCUT2D eigenvalue weighted by Gasteiger charge is 2.42. The Morgan fingerprint density at radius 3 is 2.83 bits per heavy atom. The van der Waals surface area contributed by atoms with E-state index in [-0.39, 0.29) is 17.2 Å². The number of ether oxygens (including phenoxy) is 1. The van der Waals surface area contributed by atoms with Crippen LogP contribution in [-0.4, -0.2) is 71.7 Å². The van der Waals surface area contributed by atoms with Crippen LogP contribution in [0.4, 0.5) is 0 Å². The van der Waals surface area contributed by atoms with Crippen molar-refractivity contribution in [3.63, 3.8) is 0 Å². The molecule has 0 aromatic carbocycles. The Kier molecular flexibility index (Phi) is 5.95. The first-order chi connectivity index (χ1) is 14.0. The molecule has 1 spiro atoms.